The lowest BCUT2D eigenvalue weighted by Crippen LogP contribution is -2.37. The first-order valence-corrected chi connectivity index (χ1v) is 12.7. The van der Waals surface area contributed by atoms with Gasteiger partial charge in [0.25, 0.3) is 11.5 Å². The summed E-state index contributed by atoms with van der Waals surface area (Å²) in [5, 5.41) is 11.5. The van der Waals surface area contributed by atoms with E-state index in [1.54, 1.807) is 60.7 Å². The van der Waals surface area contributed by atoms with Gasteiger partial charge in [-0.1, -0.05) is 36.1 Å². The number of carbonyl (C=O) groups excluding carboxylic acids is 1. The minimum Gasteiger partial charge on any atom is -0.381 e. The van der Waals surface area contributed by atoms with E-state index in [0.717, 1.165) is 5.56 Å². The molecule has 0 fully saturated rings. The van der Waals surface area contributed by atoms with Gasteiger partial charge < -0.3 is 11.1 Å². The van der Waals surface area contributed by atoms with E-state index in [1.165, 1.54) is 9.19 Å². The Labute approximate surface area is 233 Å². The van der Waals surface area contributed by atoms with E-state index >= 15 is 0 Å². The number of hydrogen-bond acceptors (Lipinski definition) is 8. The van der Waals surface area contributed by atoms with E-state index in [0.29, 0.717) is 27.8 Å². The van der Waals surface area contributed by atoms with Crippen molar-refractivity contribution in [3.63, 3.8) is 0 Å². The average molecular weight is 545 g/mol. The van der Waals surface area contributed by atoms with Crippen LogP contribution in [0.4, 0.5) is 11.5 Å². The lowest BCUT2D eigenvalue weighted by molar-refractivity contribution is 0.0940. The van der Waals surface area contributed by atoms with Crippen molar-refractivity contribution in [1.82, 2.24) is 39.4 Å². The quantitative estimate of drug-likeness (QED) is 0.280. The Morgan fingerprint density at radius 3 is 2.68 bits per heavy atom. The topological polar surface area (TPSA) is 150 Å². The number of carbonyl (C=O) groups is 1. The van der Waals surface area contributed by atoms with Crippen molar-refractivity contribution in [3.8, 4) is 11.8 Å². The first-order valence-electron chi connectivity index (χ1n) is 12.7. The lowest BCUT2D eigenvalue weighted by Gasteiger charge is -2.20. The first-order chi connectivity index (χ1) is 19.9. The van der Waals surface area contributed by atoms with Crippen LogP contribution >= 0.6 is 0 Å². The molecule has 6 rings (SSSR count). The molecule has 4 heterocycles. The summed E-state index contributed by atoms with van der Waals surface area (Å²) in [5.41, 5.74) is 11.6. The molecule has 0 saturated carbocycles. The fraction of sp³-hybridized carbons (Fsp3) is 0.103. The third-order valence-corrected chi connectivity index (χ3v) is 6.37. The molecule has 0 radical (unpaired) electrons. The van der Waals surface area contributed by atoms with Gasteiger partial charge in [-0.15, -0.1) is 5.10 Å². The summed E-state index contributed by atoms with van der Waals surface area (Å²) >= 11 is 0. The molecule has 0 aliphatic carbocycles. The van der Waals surface area contributed by atoms with Crippen molar-refractivity contribution < 1.29 is 4.79 Å². The van der Waals surface area contributed by atoms with Crippen LogP contribution in [0.2, 0.25) is 0 Å². The van der Waals surface area contributed by atoms with Gasteiger partial charge in [0.05, 0.1) is 34.4 Å². The molecule has 41 heavy (non-hydrogen) atoms. The van der Waals surface area contributed by atoms with E-state index in [1.807, 2.05) is 37.4 Å². The Balaban J connectivity index is 1.45. The minimum atomic E-state index is -0.723. The number of rotatable bonds is 5. The maximum absolute atomic E-state index is 14.1. The van der Waals surface area contributed by atoms with Gasteiger partial charge in [-0.05, 0) is 37.3 Å². The maximum atomic E-state index is 14.1. The molecular weight excluding hydrogens is 520 g/mol. The van der Waals surface area contributed by atoms with Crippen LogP contribution in [-0.4, -0.2) is 39.9 Å². The van der Waals surface area contributed by atoms with Crippen molar-refractivity contribution in [2.24, 2.45) is 7.05 Å². The summed E-state index contributed by atoms with van der Waals surface area (Å²) in [6.45, 7) is 1.73. The average Bonchev–Trinajstić information content (AvgIpc) is 3.55. The minimum absolute atomic E-state index is 0.0384. The van der Waals surface area contributed by atoms with Crippen molar-refractivity contribution in [2.45, 2.75) is 13.0 Å². The Kier molecular flexibility index (Phi) is 6.37. The molecule has 1 amide bonds. The van der Waals surface area contributed by atoms with Crippen molar-refractivity contribution in [1.29, 1.82) is 0 Å². The summed E-state index contributed by atoms with van der Waals surface area (Å²) in [5.74, 6) is 5.96. The summed E-state index contributed by atoms with van der Waals surface area (Å²) < 4.78 is 4.42. The van der Waals surface area contributed by atoms with Crippen LogP contribution in [0.25, 0.3) is 16.6 Å². The standard InChI is InChI=1S/C29H24N10O2/c1-18(33-28(40)24-25(30)36-38-15-7-14-31-27(24)38)26-34-22-11-6-8-20(13-12-19-16-32-37(2)17-19)23(22)29(41)39(26)35-21-9-4-3-5-10-21/h3-11,14-18,35H,1-2H3,(H2,30,36)(H,33,40)/t18-/m1/s1. The molecule has 12 heteroatoms. The van der Waals surface area contributed by atoms with Gasteiger partial charge in [0.15, 0.2) is 17.3 Å². The molecular formula is C29H24N10O2. The van der Waals surface area contributed by atoms with Crippen LogP contribution in [0.5, 0.6) is 0 Å². The number of benzene rings is 2. The molecule has 0 aliphatic rings. The smallest absolute Gasteiger partial charge is 0.281 e. The summed E-state index contributed by atoms with van der Waals surface area (Å²) in [4.78, 5) is 36.5. The zero-order valence-electron chi connectivity index (χ0n) is 22.1. The van der Waals surface area contributed by atoms with Crippen molar-refractivity contribution in [2.75, 3.05) is 11.2 Å². The Morgan fingerprint density at radius 1 is 1.07 bits per heavy atom. The number of hydrogen-bond donors (Lipinski definition) is 3. The number of aryl methyl sites for hydroxylation is 1. The molecule has 12 nitrogen and oxygen atoms in total. The third-order valence-electron chi connectivity index (χ3n) is 6.37. The van der Waals surface area contributed by atoms with Gasteiger partial charge in [-0.25, -0.2) is 19.2 Å². The number of fused-ring (bicyclic) bond motifs is 2. The second-order valence-corrected chi connectivity index (χ2v) is 9.28. The molecule has 0 spiro atoms. The summed E-state index contributed by atoms with van der Waals surface area (Å²) in [7, 11) is 1.81. The number of nitrogen functional groups attached to an aromatic ring is 1. The second kappa shape index (κ2) is 10.3. The number of nitrogens with zero attached hydrogens (tertiary/aromatic N) is 7. The van der Waals surface area contributed by atoms with Crippen molar-refractivity contribution >= 4 is 34.0 Å². The van der Waals surface area contributed by atoms with Crippen LogP contribution in [-0.2, 0) is 7.05 Å². The molecule has 0 aliphatic heterocycles. The molecule has 4 aromatic heterocycles. The highest BCUT2D eigenvalue weighted by molar-refractivity contribution is 6.04. The largest absolute Gasteiger partial charge is 0.381 e. The molecule has 6 aromatic rings. The van der Waals surface area contributed by atoms with Crippen molar-refractivity contribution in [3.05, 3.63) is 112 Å². The van der Waals surface area contributed by atoms with E-state index < -0.39 is 11.9 Å². The summed E-state index contributed by atoms with van der Waals surface area (Å²) in [6.07, 6.45) is 6.65. The van der Waals surface area contributed by atoms with Crippen LogP contribution < -0.4 is 22.0 Å². The van der Waals surface area contributed by atoms with Gasteiger partial charge in [-0.3, -0.25) is 19.7 Å². The Hall–Kier alpha value is -5.96. The first kappa shape index (κ1) is 25.3. The zero-order valence-corrected chi connectivity index (χ0v) is 22.1. The predicted molar refractivity (Wildman–Crippen MR) is 154 cm³/mol. The monoisotopic (exact) mass is 544 g/mol. The van der Waals surface area contributed by atoms with Crippen LogP contribution in [0, 0.1) is 11.8 Å². The maximum Gasteiger partial charge on any atom is 0.281 e. The SMILES string of the molecule is C[C@@H](NC(=O)c1c(N)nn2cccnc12)c1nc2cccc(C#Cc3cnn(C)c3)c2c(=O)n1Nc1ccccc1. The number of para-hydroxylation sites is 1. The summed E-state index contributed by atoms with van der Waals surface area (Å²) in [6, 6.07) is 15.5. The van der Waals surface area contributed by atoms with Crippen LogP contribution in [0.15, 0.2) is 84.2 Å². The predicted octanol–water partition coefficient (Wildman–Crippen LogP) is 2.52. The van der Waals surface area contributed by atoms with Gasteiger partial charge >= 0.3 is 0 Å². The van der Waals surface area contributed by atoms with E-state index in [9.17, 15) is 9.59 Å². The van der Waals surface area contributed by atoms with Gasteiger partial charge in [-0.2, -0.15) is 5.10 Å². The van der Waals surface area contributed by atoms with Gasteiger partial charge in [0, 0.05) is 31.2 Å². The molecule has 0 bridgehead atoms. The van der Waals surface area contributed by atoms with Gasteiger partial charge in [0.1, 0.15) is 5.56 Å². The molecule has 202 valence electrons. The molecule has 0 saturated heterocycles. The zero-order chi connectivity index (χ0) is 28.5. The fourth-order valence-corrected chi connectivity index (χ4v) is 4.47. The number of nitrogens with two attached hydrogens (primary N) is 1. The van der Waals surface area contributed by atoms with Crippen LogP contribution in [0.3, 0.4) is 0 Å². The highest BCUT2D eigenvalue weighted by atomic mass is 16.2. The Morgan fingerprint density at radius 2 is 1.90 bits per heavy atom. The number of nitrogens with one attached hydrogen (secondary N) is 2. The van der Waals surface area contributed by atoms with E-state index in [4.69, 9.17) is 10.7 Å². The third kappa shape index (κ3) is 4.83. The lowest BCUT2D eigenvalue weighted by atomic mass is 10.1. The molecule has 1 atom stereocenters. The highest BCUT2D eigenvalue weighted by Gasteiger charge is 2.24. The van der Waals surface area contributed by atoms with E-state index in [2.05, 4.69) is 37.8 Å². The van der Waals surface area contributed by atoms with E-state index in [-0.39, 0.29) is 22.8 Å². The highest BCUT2D eigenvalue weighted by Crippen LogP contribution is 2.20. The fourth-order valence-electron chi connectivity index (χ4n) is 4.47. The molecule has 0 unspecified atom stereocenters. The second-order valence-electron chi connectivity index (χ2n) is 9.28. The number of anilines is 2. The number of aromatic nitrogens is 7. The molecule has 2 aromatic carbocycles. The number of amides is 1. The normalized spacial score (nSPS) is 11.7. The van der Waals surface area contributed by atoms with Gasteiger partial charge in [0.2, 0.25) is 0 Å². The Bertz CT molecular complexity index is 2050. The van der Waals surface area contributed by atoms with Crippen LogP contribution in [0.1, 0.15) is 40.3 Å². The molecule has 4 N–H and O–H groups in total.